The lowest BCUT2D eigenvalue weighted by molar-refractivity contribution is -0.119. The number of benzene rings is 1. The van der Waals surface area contributed by atoms with Crippen LogP contribution in [-0.2, 0) is 16.6 Å². The van der Waals surface area contributed by atoms with E-state index in [1.54, 1.807) is 7.11 Å². The first-order chi connectivity index (χ1) is 19.5. The Hall–Kier alpha value is -3.12. The molecule has 1 saturated carbocycles. The minimum absolute atomic E-state index is 0.101. The van der Waals surface area contributed by atoms with Crippen molar-refractivity contribution in [2.45, 2.75) is 96.2 Å². The van der Waals surface area contributed by atoms with Gasteiger partial charge in [-0.1, -0.05) is 26.8 Å². The lowest BCUT2D eigenvalue weighted by atomic mass is 9.76. The molecule has 1 unspecified atom stereocenters. The van der Waals surface area contributed by atoms with Crippen LogP contribution in [0, 0.1) is 5.92 Å². The van der Waals surface area contributed by atoms with Crippen molar-refractivity contribution in [3.05, 3.63) is 42.2 Å². The van der Waals surface area contributed by atoms with E-state index in [2.05, 4.69) is 77.7 Å². The number of rotatable bonds is 11. The second-order valence-electron chi connectivity index (χ2n) is 12.7. The number of methoxy groups -OCH3 is 1. The molecule has 0 spiro atoms. The van der Waals surface area contributed by atoms with Gasteiger partial charge < -0.3 is 25.7 Å². The molecule has 3 heterocycles. The van der Waals surface area contributed by atoms with Crippen LogP contribution in [0.5, 0.6) is 0 Å². The predicted molar refractivity (Wildman–Crippen MR) is 159 cm³/mol. The van der Waals surface area contributed by atoms with Crippen LogP contribution in [0.15, 0.2) is 30.9 Å². The number of aromatic amines is 1. The molecule has 5 rings (SSSR count). The van der Waals surface area contributed by atoms with E-state index in [9.17, 15) is 10.2 Å². The SMILES string of the molecule is COC(CN(C(C)C)C1CC(CCc2nc3cc(C(C)(C)C)ccc3[nH]2)C1)[C@@H](O)[C@@H](O)n1cnc2c(N)ncnc21. The monoisotopic (exact) mass is 564 g/mol. The van der Waals surface area contributed by atoms with E-state index in [1.807, 2.05) is 0 Å². The summed E-state index contributed by atoms with van der Waals surface area (Å²) in [6.45, 7) is 11.5. The van der Waals surface area contributed by atoms with E-state index in [0.29, 0.717) is 29.7 Å². The van der Waals surface area contributed by atoms with Crippen LogP contribution >= 0.6 is 0 Å². The maximum absolute atomic E-state index is 11.1. The van der Waals surface area contributed by atoms with Crippen LogP contribution in [-0.4, -0.2) is 82.5 Å². The lowest BCUT2D eigenvalue weighted by Crippen LogP contribution is -2.53. The number of nitrogens with one attached hydrogen (secondary N) is 1. The Kier molecular flexibility index (Phi) is 8.34. The number of anilines is 1. The van der Waals surface area contributed by atoms with E-state index in [-0.39, 0.29) is 17.3 Å². The molecular formula is C30H44N8O3. The molecule has 1 aromatic carbocycles. The number of nitrogens with two attached hydrogens (primary N) is 1. The zero-order valence-electron chi connectivity index (χ0n) is 24.9. The van der Waals surface area contributed by atoms with Crippen LogP contribution < -0.4 is 5.73 Å². The number of aliphatic hydroxyl groups excluding tert-OH is 2. The molecule has 0 amide bonds. The fraction of sp³-hybridized carbons (Fsp3) is 0.600. The van der Waals surface area contributed by atoms with Gasteiger partial charge in [0.05, 0.1) is 17.4 Å². The molecule has 1 aliphatic rings. The largest absolute Gasteiger partial charge is 0.386 e. The summed E-state index contributed by atoms with van der Waals surface area (Å²) in [6.07, 6.45) is 3.80. The van der Waals surface area contributed by atoms with Crippen LogP contribution in [0.25, 0.3) is 22.2 Å². The van der Waals surface area contributed by atoms with Crippen molar-refractivity contribution in [3.63, 3.8) is 0 Å². The third-order valence-corrected chi connectivity index (χ3v) is 8.58. The number of nitrogens with zero attached hydrogens (tertiary/aromatic N) is 6. The standard InChI is InChI=1S/C30H44N8O3/c1-17(2)37(14-23(41-6)26(39)29(40)38-16-34-25-27(31)32-15-33-28(25)38)20-11-18(12-20)7-10-24-35-21-9-8-19(30(3,4)5)13-22(21)36-24/h8-9,13,15-18,20,23,26,29,39-40H,7,10-12,14H2,1-6H3,(H,35,36)(H2,31,32,33)/t18?,20?,23?,26-,29-/m1/s1. The van der Waals surface area contributed by atoms with Gasteiger partial charge in [0, 0.05) is 32.2 Å². The number of hydrogen-bond donors (Lipinski definition) is 4. The topological polar surface area (TPSA) is 151 Å². The summed E-state index contributed by atoms with van der Waals surface area (Å²) in [5, 5.41) is 22.2. The summed E-state index contributed by atoms with van der Waals surface area (Å²) in [4.78, 5) is 23.1. The molecule has 11 nitrogen and oxygen atoms in total. The number of nitrogen functional groups attached to an aromatic ring is 1. The second-order valence-corrected chi connectivity index (χ2v) is 12.7. The molecule has 0 aliphatic heterocycles. The van der Waals surface area contributed by atoms with E-state index in [4.69, 9.17) is 15.5 Å². The average molecular weight is 565 g/mol. The molecule has 1 fully saturated rings. The van der Waals surface area contributed by atoms with Crippen molar-refractivity contribution in [1.29, 1.82) is 0 Å². The van der Waals surface area contributed by atoms with Crippen molar-refractivity contribution in [2.24, 2.45) is 5.92 Å². The molecule has 0 bridgehead atoms. The fourth-order valence-corrected chi connectivity index (χ4v) is 5.92. The number of aliphatic hydroxyl groups is 2. The molecule has 4 aromatic rings. The van der Waals surface area contributed by atoms with Gasteiger partial charge in [-0.2, -0.15) is 0 Å². The van der Waals surface area contributed by atoms with Crippen molar-refractivity contribution in [1.82, 2.24) is 34.4 Å². The van der Waals surface area contributed by atoms with Crippen molar-refractivity contribution in [3.8, 4) is 0 Å². The van der Waals surface area contributed by atoms with Gasteiger partial charge in [0.25, 0.3) is 0 Å². The molecule has 0 saturated heterocycles. The normalized spacial score (nSPS) is 20.1. The number of fused-ring (bicyclic) bond motifs is 2. The fourth-order valence-electron chi connectivity index (χ4n) is 5.92. The van der Waals surface area contributed by atoms with E-state index < -0.39 is 18.4 Å². The number of hydrogen-bond acceptors (Lipinski definition) is 9. The molecular weight excluding hydrogens is 520 g/mol. The molecule has 0 radical (unpaired) electrons. The second kappa shape index (κ2) is 11.6. The quantitative estimate of drug-likeness (QED) is 0.214. The van der Waals surface area contributed by atoms with Crippen LogP contribution in [0.3, 0.4) is 0 Å². The van der Waals surface area contributed by atoms with Crippen molar-refractivity contribution >= 4 is 28.0 Å². The van der Waals surface area contributed by atoms with Gasteiger partial charge in [-0.15, -0.1) is 0 Å². The summed E-state index contributed by atoms with van der Waals surface area (Å²) in [5.41, 5.74) is 10.2. The number of aryl methyl sites for hydroxylation is 1. The average Bonchev–Trinajstić information content (AvgIpc) is 3.52. The van der Waals surface area contributed by atoms with Gasteiger partial charge in [0.2, 0.25) is 0 Å². The van der Waals surface area contributed by atoms with E-state index in [1.165, 1.54) is 22.8 Å². The Morgan fingerprint density at radius 3 is 2.61 bits per heavy atom. The first kappa shape index (κ1) is 29.4. The Balaban J connectivity index is 1.17. The Morgan fingerprint density at radius 2 is 1.93 bits per heavy atom. The maximum Gasteiger partial charge on any atom is 0.167 e. The highest BCUT2D eigenvalue weighted by Gasteiger charge is 2.38. The minimum atomic E-state index is -1.30. The molecule has 5 N–H and O–H groups in total. The number of H-pyrrole nitrogens is 1. The van der Waals surface area contributed by atoms with Crippen LogP contribution in [0.4, 0.5) is 5.82 Å². The molecule has 41 heavy (non-hydrogen) atoms. The summed E-state index contributed by atoms with van der Waals surface area (Å²) in [5.74, 6) is 1.89. The van der Waals surface area contributed by atoms with Crippen LogP contribution in [0.2, 0.25) is 0 Å². The van der Waals surface area contributed by atoms with E-state index in [0.717, 1.165) is 42.5 Å². The zero-order chi connectivity index (χ0) is 29.5. The first-order valence-corrected chi connectivity index (χ1v) is 14.5. The first-order valence-electron chi connectivity index (χ1n) is 14.5. The van der Waals surface area contributed by atoms with Crippen LogP contribution in [0.1, 0.15) is 71.5 Å². The molecule has 3 atom stereocenters. The third kappa shape index (κ3) is 6.08. The highest BCUT2D eigenvalue weighted by Crippen LogP contribution is 2.37. The van der Waals surface area contributed by atoms with Crippen molar-refractivity contribution < 1.29 is 14.9 Å². The Morgan fingerprint density at radius 1 is 1.17 bits per heavy atom. The number of ether oxygens (including phenoxy) is 1. The predicted octanol–water partition coefficient (Wildman–Crippen LogP) is 3.57. The Labute approximate surface area is 241 Å². The minimum Gasteiger partial charge on any atom is -0.386 e. The number of aromatic nitrogens is 6. The van der Waals surface area contributed by atoms with Gasteiger partial charge in [0.15, 0.2) is 17.7 Å². The smallest absolute Gasteiger partial charge is 0.167 e. The van der Waals surface area contributed by atoms with Gasteiger partial charge in [0.1, 0.15) is 29.9 Å². The highest BCUT2D eigenvalue weighted by molar-refractivity contribution is 5.81. The summed E-state index contributed by atoms with van der Waals surface area (Å²) < 4.78 is 7.11. The summed E-state index contributed by atoms with van der Waals surface area (Å²) in [7, 11) is 1.56. The summed E-state index contributed by atoms with van der Waals surface area (Å²) in [6, 6.07) is 7.19. The lowest BCUT2D eigenvalue weighted by Gasteiger charge is -2.46. The Bertz CT molecular complexity index is 1470. The molecule has 11 heteroatoms. The summed E-state index contributed by atoms with van der Waals surface area (Å²) >= 11 is 0. The van der Waals surface area contributed by atoms with Gasteiger partial charge >= 0.3 is 0 Å². The molecule has 1 aliphatic carbocycles. The highest BCUT2D eigenvalue weighted by atomic mass is 16.5. The zero-order valence-corrected chi connectivity index (χ0v) is 24.9. The van der Waals surface area contributed by atoms with Gasteiger partial charge in [-0.25, -0.2) is 19.9 Å². The van der Waals surface area contributed by atoms with E-state index >= 15 is 0 Å². The van der Waals surface area contributed by atoms with Gasteiger partial charge in [-0.3, -0.25) is 9.47 Å². The number of imidazole rings is 2. The molecule has 3 aromatic heterocycles. The van der Waals surface area contributed by atoms with Crippen molar-refractivity contribution in [2.75, 3.05) is 19.4 Å². The maximum atomic E-state index is 11.1. The third-order valence-electron chi connectivity index (χ3n) is 8.58. The van der Waals surface area contributed by atoms with Gasteiger partial charge in [-0.05, 0) is 62.1 Å². The molecule has 222 valence electrons.